The number of hydrogen-bond donors (Lipinski definition) is 2. The highest BCUT2D eigenvalue weighted by Gasteiger charge is 2.21. The minimum atomic E-state index is 0. The lowest BCUT2D eigenvalue weighted by molar-refractivity contribution is -0.122. The Labute approximate surface area is 134 Å². The molecule has 4 heteroatoms. The summed E-state index contributed by atoms with van der Waals surface area (Å²) in [6.07, 6.45) is 3.67. The summed E-state index contributed by atoms with van der Waals surface area (Å²) >= 11 is 0. The SMILES string of the molecule is CCC(CC(=O)NC1CCNC(C)C1)c1ccccc1.Cl. The van der Waals surface area contributed by atoms with E-state index in [0.717, 1.165) is 25.8 Å². The zero-order chi connectivity index (χ0) is 14.4. The van der Waals surface area contributed by atoms with Crippen LogP contribution in [0.2, 0.25) is 0 Å². The Balaban J connectivity index is 0.00000220. The van der Waals surface area contributed by atoms with E-state index in [1.807, 2.05) is 18.2 Å². The Morgan fingerprint density at radius 3 is 2.71 bits per heavy atom. The second kappa shape index (κ2) is 9.06. The molecule has 1 aliphatic heterocycles. The number of piperidine rings is 1. The Hall–Kier alpha value is -1.06. The number of rotatable bonds is 5. The molecular formula is C17H27ClN2O. The van der Waals surface area contributed by atoms with Gasteiger partial charge in [-0.15, -0.1) is 12.4 Å². The second-order valence-electron chi connectivity index (χ2n) is 5.86. The Morgan fingerprint density at radius 1 is 1.38 bits per heavy atom. The maximum atomic E-state index is 12.2. The fourth-order valence-corrected chi connectivity index (χ4v) is 3.00. The van der Waals surface area contributed by atoms with E-state index in [0.29, 0.717) is 24.4 Å². The predicted octanol–water partition coefficient (Wildman–Crippen LogP) is 3.25. The smallest absolute Gasteiger partial charge is 0.220 e. The first-order chi connectivity index (χ1) is 9.69. The molecular weight excluding hydrogens is 284 g/mol. The van der Waals surface area contributed by atoms with Gasteiger partial charge in [-0.3, -0.25) is 4.79 Å². The molecule has 3 unspecified atom stereocenters. The fourth-order valence-electron chi connectivity index (χ4n) is 3.00. The van der Waals surface area contributed by atoms with Gasteiger partial charge in [0, 0.05) is 18.5 Å². The molecule has 2 rings (SSSR count). The van der Waals surface area contributed by atoms with Crippen molar-refractivity contribution in [2.24, 2.45) is 0 Å². The first kappa shape index (κ1) is 18.0. The Bertz CT molecular complexity index is 424. The van der Waals surface area contributed by atoms with Crippen LogP contribution in [0.15, 0.2) is 30.3 Å². The van der Waals surface area contributed by atoms with Crippen molar-refractivity contribution in [3.05, 3.63) is 35.9 Å². The highest BCUT2D eigenvalue weighted by Crippen LogP contribution is 2.23. The highest BCUT2D eigenvalue weighted by atomic mass is 35.5. The third kappa shape index (κ3) is 5.68. The molecule has 1 fully saturated rings. The van der Waals surface area contributed by atoms with Gasteiger partial charge < -0.3 is 10.6 Å². The summed E-state index contributed by atoms with van der Waals surface area (Å²) in [4.78, 5) is 12.2. The molecule has 0 aromatic heterocycles. The van der Waals surface area contributed by atoms with Gasteiger partial charge in [-0.05, 0) is 44.2 Å². The summed E-state index contributed by atoms with van der Waals surface area (Å²) in [6, 6.07) is 11.2. The molecule has 0 radical (unpaired) electrons. The lowest BCUT2D eigenvalue weighted by atomic mass is 9.92. The molecule has 0 saturated carbocycles. The molecule has 1 aromatic rings. The molecule has 3 atom stereocenters. The monoisotopic (exact) mass is 310 g/mol. The van der Waals surface area contributed by atoms with Gasteiger partial charge in [-0.25, -0.2) is 0 Å². The average molecular weight is 311 g/mol. The van der Waals surface area contributed by atoms with E-state index in [-0.39, 0.29) is 18.3 Å². The summed E-state index contributed by atoms with van der Waals surface area (Å²) in [5.41, 5.74) is 1.27. The predicted molar refractivity (Wildman–Crippen MR) is 90.0 cm³/mol. The van der Waals surface area contributed by atoms with Gasteiger partial charge in [-0.1, -0.05) is 37.3 Å². The summed E-state index contributed by atoms with van der Waals surface area (Å²) in [6.45, 7) is 5.33. The van der Waals surface area contributed by atoms with E-state index in [1.165, 1.54) is 5.56 Å². The topological polar surface area (TPSA) is 41.1 Å². The molecule has 0 spiro atoms. The lowest BCUT2D eigenvalue weighted by Gasteiger charge is -2.29. The minimum absolute atomic E-state index is 0. The van der Waals surface area contributed by atoms with Crippen LogP contribution in [0.3, 0.4) is 0 Å². The first-order valence-electron chi connectivity index (χ1n) is 7.76. The van der Waals surface area contributed by atoms with Gasteiger partial charge in [0.2, 0.25) is 5.91 Å². The van der Waals surface area contributed by atoms with Crippen LogP contribution in [-0.4, -0.2) is 24.5 Å². The molecule has 1 amide bonds. The van der Waals surface area contributed by atoms with E-state index in [1.54, 1.807) is 0 Å². The summed E-state index contributed by atoms with van der Waals surface area (Å²) < 4.78 is 0. The lowest BCUT2D eigenvalue weighted by Crippen LogP contribution is -2.46. The van der Waals surface area contributed by atoms with E-state index in [9.17, 15) is 4.79 Å². The maximum Gasteiger partial charge on any atom is 0.220 e. The number of carbonyl (C=O) groups is 1. The zero-order valence-electron chi connectivity index (χ0n) is 13.0. The number of amides is 1. The second-order valence-corrected chi connectivity index (χ2v) is 5.86. The average Bonchev–Trinajstić information content (AvgIpc) is 2.45. The van der Waals surface area contributed by atoms with Crippen LogP contribution in [0.1, 0.15) is 51.0 Å². The van der Waals surface area contributed by atoms with Crippen LogP contribution in [0.4, 0.5) is 0 Å². The van der Waals surface area contributed by atoms with Crippen molar-refractivity contribution in [2.75, 3.05) is 6.54 Å². The van der Waals surface area contributed by atoms with Crippen LogP contribution in [0.5, 0.6) is 0 Å². The van der Waals surface area contributed by atoms with Gasteiger partial charge in [0.25, 0.3) is 0 Å². The standard InChI is InChI=1S/C17H26N2O.ClH/c1-3-14(15-7-5-4-6-8-15)12-17(20)19-16-9-10-18-13(2)11-16;/h4-8,13-14,16,18H,3,9-12H2,1-2H3,(H,19,20);1H. The molecule has 118 valence electrons. The number of benzene rings is 1. The van der Waals surface area contributed by atoms with Crippen LogP contribution in [0, 0.1) is 0 Å². The molecule has 0 aliphatic carbocycles. The normalized spacial score (nSPS) is 23.0. The van der Waals surface area contributed by atoms with Gasteiger partial charge in [0.05, 0.1) is 0 Å². The largest absolute Gasteiger partial charge is 0.353 e. The summed E-state index contributed by atoms with van der Waals surface area (Å²) in [5, 5.41) is 6.62. The summed E-state index contributed by atoms with van der Waals surface area (Å²) in [5.74, 6) is 0.523. The van der Waals surface area contributed by atoms with Crippen molar-refractivity contribution in [3.63, 3.8) is 0 Å². The van der Waals surface area contributed by atoms with Crippen molar-refractivity contribution in [3.8, 4) is 0 Å². The summed E-state index contributed by atoms with van der Waals surface area (Å²) in [7, 11) is 0. The number of nitrogens with one attached hydrogen (secondary N) is 2. The minimum Gasteiger partial charge on any atom is -0.353 e. The Kier molecular flexibility index (Phi) is 7.76. The third-order valence-electron chi connectivity index (χ3n) is 4.18. The van der Waals surface area contributed by atoms with Crippen molar-refractivity contribution in [1.82, 2.24) is 10.6 Å². The number of halogens is 1. The van der Waals surface area contributed by atoms with Crippen LogP contribution in [0.25, 0.3) is 0 Å². The molecule has 2 N–H and O–H groups in total. The highest BCUT2D eigenvalue weighted by molar-refractivity contribution is 5.85. The van der Waals surface area contributed by atoms with Gasteiger partial charge in [0.15, 0.2) is 0 Å². The molecule has 1 saturated heterocycles. The van der Waals surface area contributed by atoms with Crippen molar-refractivity contribution < 1.29 is 4.79 Å². The Morgan fingerprint density at radius 2 is 2.10 bits per heavy atom. The fraction of sp³-hybridized carbons (Fsp3) is 0.588. The molecule has 1 heterocycles. The molecule has 0 bridgehead atoms. The van der Waals surface area contributed by atoms with E-state index >= 15 is 0 Å². The van der Waals surface area contributed by atoms with Crippen LogP contribution >= 0.6 is 12.4 Å². The quantitative estimate of drug-likeness (QED) is 0.876. The van der Waals surface area contributed by atoms with Gasteiger partial charge in [-0.2, -0.15) is 0 Å². The molecule has 3 nitrogen and oxygen atoms in total. The third-order valence-corrected chi connectivity index (χ3v) is 4.18. The van der Waals surface area contributed by atoms with E-state index in [2.05, 4.69) is 36.6 Å². The maximum absolute atomic E-state index is 12.2. The van der Waals surface area contributed by atoms with Crippen molar-refractivity contribution in [2.45, 2.75) is 57.5 Å². The first-order valence-corrected chi connectivity index (χ1v) is 7.76. The zero-order valence-corrected chi connectivity index (χ0v) is 13.8. The van der Waals surface area contributed by atoms with Gasteiger partial charge in [0.1, 0.15) is 0 Å². The number of carbonyl (C=O) groups excluding carboxylic acids is 1. The molecule has 1 aliphatic rings. The molecule has 1 aromatic carbocycles. The van der Waals surface area contributed by atoms with E-state index in [4.69, 9.17) is 0 Å². The van der Waals surface area contributed by atoms with Gasteiger partial charge >= 0.3 is 0 Å². The molecule has 21 heavy (non-hydrogen) atoms. The van der Waals surface area contributed by atoms with Crippen LogP contribution < -0.4 is 10.6 Å². The van der Waals surface area contributed by atoms with Crippen molar-refractivity contribution >= 4 is 18.3 Å². The number of hydrogen-bond acceptors (Lipinski definition) is 2. The van der Waals surface area contributed by atoms with Crippen molar-refractivity contribution in [1.29, 1.82) is 0 Å². The van der Waals surface area contributed by atoms with E-state index < -0.39 is 0 Å². The van der Waals surface area contributed by atoms with Crippen LogP contribution in [-0.2, 0) is 4.79 Å².